The van der Waals surface area contributed by atoms with Crippen molar-refractivity contribution in [1.82, 2.24) is 10.2 Å². The van der Waals surface area contributed by atoms with Gasteiger partial charge in [0.25, 0.3) is 0 Å². The Hall–Kier alpha value is -1.91. The molecule has 116 valence electrons. The molecule has 1 N–H and O–H groups in total. The molecule has 0 aliphatic heterocycles. The summed E-state index contributed by atoms with van der Waals surface area (Å²) in [7, 11) is 0. The number of benzene rings is 1. The summed E-state index contributed by atoms with van der Waals surface area (Å²) in [6, 6.07) is 6.16. The third-order valence-electron chi connectivity index (χ3n) is 3.07. The Morgan fingerprint density at radius 2 is 1.86 bits per heavy atom. The molecule has 5 heteroatoms. The fourth-order valence-electron chi connectivity index (χ4n) is 1.81. The SMILES string of the molecule is CC(=O)N(CCc1ccc(F)cc1)CC(=O)NCC(C)C. The van der Waals surface area contributed by atoms with Gasteiger partial charge in [-0.2, -0.15) is 0 Å². The second-order valence-electron chi connectivity index (χ2n) is 5.51. The number of carbonyl (C=O) groups excluding carboxylic acids is 2. The Kier molecular flexibility index (Phi) is 6.85. The van der Waals surface area contributed by atoms with Gasteiger partial charge in [-0.05, 0) is 30.0 Å². The van der Waals surface area contributed by atoms with Gasteiger partial charge in [-0.15, -0.1) is 0 Å². The zero-order valence-corrected chi connectivity index (χ0v) is 12.9. The Labute approximate surface area is 125 Å². The minimum Gasteiger partial charge on any atom is -0.354 e. The van der Waals surface area contributed by atoms with Crippen molar-refractivity contribution in [2.45, 2.75) is 27.2 Å². The fourth-order valence-corrected chi connectivity index (χ4v) is 1.81. The number of hydrogen-bond donors (Lipinski definition) is 1. The molecule has 0 fully saturated rings. The van der Waals surface area contributed by atoms with Crippen LogP contribution in [-0.4, -0.2) is 36.3 Å². The normalized spacial score (nSPS) is 10.5. The summed E-state index contributed by atoms with van der Waals surface area (Å²) in [4.78, 5) is 24.8. The topological polar surface area (TPSA) is 49.4 Å². The number of nitrogens with zero attached hydrogens (tertiary/aromatic N) is 1. The highest BCUT2D eigenvalue weighted by Crippen LogP contribution is 2.05. The van der Waals surface area contributed by atoms with Crippen LogP contribution in [0.2, 0.25) is 0 Å². The summed E-state index contributed by atoms with van der Waals surface area (Å²) >= 11 is 0. The van der Waals surface area contributed by atoms with Gasteiger partial charge in [0.1, 0.15) is 5.82 Å². The lowest BCUT2D eigenvalue weighted by molar-refractivity contribution is -0.134. The summed E-state index contributed by atoms with van der Waals surface area (Å²) in [5.74, 6) is -0.205. The zero-order valence-electron chi connectivity index (χ0n) is 12.9. The van der Waals surface area contributed by atoms with Gasteiger partial charge in [0, 0.05) is 20.0 Å². The lowest BCUT2D eigenvalue weighted by atomic mass is 10.1. The van der Waals surface area contributed by atoms with Crippen molar-refractivity contribution in [2.24, 2.45) is 5.92 Å². The van der Waals surface area contributed by atoms with Crippen molar-refractivity contribution in [2.75, 3.05) is 19.6 Å². The van der Waals surface area contributed by atoms with E-state index in [1.54, 1.807) is 12.1 Å². The first kappa shape index (κ1) is 17.1. The van der Waals surface area contributed by atoms with Crippen LogP contribution < -0.4 is 5.32 Å². The average Bonchev–Trinajstić information content (AvgIpc) is 2.42. The van der Waals surface area contributed by atoms with Crippen molar-refractivity contribution in [3.8, 4) is 0 Å². The molecule has 0 unspecified atom stereocenters. The fraction of sp³-hybridized carbons (Fsp3) is 0.500. The number of rotatable bonds is 7. The van der Waals surface area contributed by atoms with E-state index >= 15 is 0 Å². The van der Waals surface area contributed by atoms with E-state index in [0.717, 1.165) is 5.56 Å². The van der Waals surface area contributed by atoms with Crippen LogP contribution >= 0.6 is 0 Å². The average molecular weight is 294 g/mol. The predicted octanol–water partition coefficient (Wildman–Crippen LogP) is 1.99. The maximum absolute atomic E-state index is 12.8. The molecule has 1 aromatic carbocycles. The number of hydrogen-bond acceptors (Lipinski definition) is 2. The number of carbonyl (C=O) groups is 2. The highest BCUT2D eigenvalue weighted by molar-refractivity contribution is 5.83. The molecule has 0 spiro atoms. The van der Waals surface area contributed by atoms with E-state index < -0.39 is 0 Å². The molecule has 1 aromatic rings. The molecule has 1 rings (SSSR count). The molecule has 4 nitrogen and oxygen atoms in total. The van der Waals surface area contributed by atoms with Crippen LogP contribution in [0, 0.1) is 11.7 Å². The van der Waals surface area contributed by atoms with Crippen molar-refractivity contribution < 1.29 is 14.0 Å². The van der Waals surface area contributed by atoms with Crippen LogP contribution in [0.1, 0.15) is 26.3 Å². The summed E-state index contributed by atoms with van der Waals surface area (Å²) in [5.41, 5.74) is 0.935. The third kappa shape index (κ3) is 6.88. The molecule has 0 bridgehead atoms. The van der Waals surface area contributed by atoms with Gasteiger partial charge in [-0.1, -0.05) is 26.0 Å². The Morgan fingerprint density at radius 1 is 1.24 bits per heavy atom. The lowest BCUT2D eigenvalue weighted by Gasteiger charge is -2.21. The molecule has 0 aliphatic rings. The standard InChI is InChI=1S/C16H23FN2O2/c1-12(2)10-18-16(21)11-19(13(3)20)9-8-14-4-6-15(17)7-5-14/h4-7,12H,8-11H2,1-3H3,(H,18,21). The van der Waals surface area contributed by atoms with Gasteiger partial charge in [0.2, 0.25) is 11.8 Å². The minimum atomic E-state index is -0.282. The molecule has 0 saturated heterocycles. The molecular formula is C16H23FN2O2. The molecule has 0 aromatic heterocycles. The van der Waals surface area contributed by atoms with Gasteiger partial charge >= 0.3 is 0 Å². The van der Waals surface area contributed by atoms with Crippen LogP contribution in [-0.2, 0) is 16.0 Å². The summed E-state index contributed by atoms with van der Waals surface area (Å²) in [6.45, 7) is 6.57. The molecule has 0 aliphatic carbocycles. The van der Waals surface area contributed by atoms with E-state index in [0.29, 0.717) is 25.4 Å². The van der Waals surface area contributed by atoms with Gasteiger partial charge < -0.3 is 10.2 Å². The second-order valence-corrected chi connectivity index (χ2v) is 5.51. The van der Waals surface area contributed by atoms with E-state index in [1.165, 1.54) is 24.0 Å². The quantitative estimate of drug-likeness (QED) is 0.836. The molecule has 0 heterocycles. The van der Waals surface area contributed by atoms with Gasteiger partial charge in [0.15, 0.2) is 0 Å². The molecule has 0 saturated carbocycles. The number of nitrogens with one attached hydrogen (secondary N) is 1. The smallest absolute Gasteiger partial charge is 0.239 e. The Balaban J connectivity index is 2.48. The number of amides is 2. The van der Waals surface area contributed by atoms with Crippen LogP contribution in [0.4, 0.5) is 4.39 Å². The Morgan fingerprint density at radius 3 is 2.38 bits per heavy atom. The molecule has 21 heavy (non-hydrogen) atoms. The minimum absolute atomic E-state index is 0.0588. The highest BCUT2D eigenvalue weighted by atomic mass is 19.1. The Bertz CT molecular complexity index is 472. The number of halogens is 1. The molecule has 0 atom stereocenters. The third-order valence-corrected chi connectivity index (χ3v) is 3.07. The van der Waals surface area contributed by atoms with E-state index in [1.807, 2.05) is 13.8 Å². The van der Waals surface area contributed by atoms with Crippen molar-refractivity contribution in [1.29, 1.82) is 0 Å². The first-order valence-corrected chi connectivity index (χ1v) is 7.15. The predicted molar refractivity (Wildman–Crippen MR) is 80.2 cm³/mol. The summed E-state index contributed by atoms with van der Waals surface area (Å²) in [6.07, 6.45) is 0.595. The zero-order chi connectivity index (χ0) is 15.8. The van der Waals surface area contributed by atoms with Crippen LogP contribution in [0.3, 0.4) is 0 Å². The summed E-state index contributed by atoms with van der Waals surface area (Å²) < 4.78 is 12.8. The van der Waals surface area contributed by atoms with E-state index in [9.17, 15) is 14.0 Å². The van der Waals surface area contributed by atoms with Crippen LogP contribution in [0.25, 0.3) is 0 Å². The molecule has 0 radical (unpaired) electrons. The van der Waals surface area contributed by atoms with Gasteiger partial charge in [-0.25, -0.2) is 4.39 Å². The van der Waals surface area contributed by atoms with Crippen LogP contribution in [0.5, 0.6) is 0 Å². The summed E-state index contributed by atoms with van der Waals surface area (Å²) in [5, 5.41) is 2.79. The van der Waals surface area contributed by atoms with E-state index in [-0.39, 0.29) is 24.2 Å². The van der Waals surface area contributed by atoms with E-state index in [2.05, 4.69) is 5.32 Å². The largest absolute Gasteiger partial charge is 0.354 e. The van der Waals surface area contributed by atoms with Gasteiger partial charge in [-0.3, -0.25) is 9.59 Å². The second kappa shape index (κ2) is 8.39. The van der Waals surface area contributed by atoms with Crippen molar-refractivity contribution >= 4 is 11.8 Å². The first-order valence-electron chi connectivity index (χ1n) is 7.15. The van der Waals surface area contributed by atoms with Crippen LogP contribution in [0.15, 0.2) is 24.3 Å². The van der Waals surface area contributed by atoms with Gasteiger partial charge in [0.05, 0.1) is 6.54 Å². The molecular weight excluding hydrogens is 271 g/mol. The maximum Gasteiger partial charge on any atom is 0.239 e. The lowest BCUT2D eigenvalue weighted by Crippen LogP contribution is -2.41. The monoisotopic (exact) mass is 294 g/mol. The molecule has 2 amide bonds. The van der Waals surface area contributed by atoms with Crippen molar-refractivity contribution in [3.05, 3.63) is 35.6 Å². The van der Waals surface area contributed by atoms with E-state index in [4.69, 9.17) is 0 Å². The highest BCUT2D eigenvalue weighted by Gasteiger charge is 2.13. The maximum atomic E-state index is 12.8. The first-order chi connectivity index (χ1) is 9.88. The van der Waals surface area contributed by atoms with Crippen molar-refractivity contribution in [3.63, 3.8) is 0 Å².